The van der Waals surface area contributed by atoms with E-state index in [0.717, 1.165) is 31.4 Å². The van der Waals surface area contributed by atoms with Crippen LogP contribution in [0.4, 0.5) is 19.0 Å². The van der Waals surface area contributed by atoms with Gasteiger partial charge in [-0.25, -0.2) is 9.97 Å². The van der Waals surface area contributed by atoms with Gasteiger partial charge in [-0.15, -0.1) is 0 Å². The molecule has 2 aromatic rings. The number of alkyl halides is 3. The summed E-state index contributed by atoms with van der Waals surface area (Å²) in [6.45, 7) is 6.13. The maximum absolute atomic E-state index is 13.4. The van der Waals surface area contributed by atoms with Gasteiger partial charge >= 0.3 is 6.18 Å². The molecule has 0 bridgehead atoms. The average molecular weight is 493 g/mol. The number of halogens is 3. The zero-order valence-electron chi connectivity index (χ0n) is 20.0. The fraction of sp³-hybridized carbons (Fsp3) is 0.583. The highest BCUT2D eigenvalue weighted by atomic mass is 19.4. The van der Waals surface area contributed by atoms with E-state index in [1.54, 1.807) is 4.90 Å². The maximum atomic E-state index is 13.4. The lowest BCUT2D eigenvalue weighted by Crippen LogP contribution is -2.58. The highest BCUT2D eigenvalue weighted by Crippen LogP contribution is 2.34. The number of nitrogens with zero attached hydrogens (tertiary/aromatic N) is 3. The monoisotopic (exact) mass is 492 g/mol. The summed E-state index contributed by atoms with van der Waals surface area (Å²) in [5.74, 6) is -0.0802. The fourth-order valence-electron chi connectivity index (χ4n) is 5.24. The van der Waals surface area contributed by atoms with Crippen molar-refractivity contribution in [3.8, 4) is 0 Å². The van der Waals surface area contributed by atoms with Crippen LogP contribution in [0, 0.1) is 0 Å². The van der Waals surface area contributed by atoms with Crippen molar-refractivity contribution in [2.45, 2.75) is 82.8 Å². The second-order valence-electron chi connectivity index (χ2n) is 9.67. The van der Waals surface area contributed by atoms with Gasteiger partial charge in [0.05, 0.1) is 23.2 Å². The Morgan fingerprint density at radius 3 is 2.63 bits per heavy atom. The molecule has 0 spiro atoms. The molecule has 4 rings (SSSR count). The molecular weight excluding hydrogens is 461 g/mol. The quantitative estimate of drug-likeness (QED) is 0.573. The van der Waals surface area contributed by atoms with Crippen molar-refractivity contribution in [1.82, 2.24) is 25.5 Å². The van der Waals surface area contributed by atoms with Gasteiger partial charge in [0.1, 0.15) is 18.2 Å². The van der Waals surface area contributed by atoms with E-state index in [1.165, 1.54) is 19.3 Å². The minimum atomic E-state index is -4.50. The molecule has 1 aromatic heterocycles. The molecule has 1 saturated carbocycles. The summed E-state index contributed by atoms with van der Waals surface area (Å²) in [7, 11) is 0. The first kappa shape index (κ1) is 25.2. The predicted octanol–water partition coefficient (Wildman–Crippen LogP) is 3.09. The minimum absolute atomic E-state index is 0.137. The van der Waals surface area contributed by atoms with E-state index in [0.29, 0.717) is 24.5 Å². The number of rotatable bonds is 6. The molecule has 11 heteroatoms. The van der Waals surface area contributed by atoms with Gasteiger partial charge in [0.15, 0.2) is 0 Å². The van der Waals surface area contributed by atoms with E-state index in [9.17, 15) is 22.8 Å². The summed E-state index contributed by atoms with van der Waals surface area (Å²) in [6.07, 6.45) is -0.383. The molecule has 3 N–H and O–H groups in total. The summed E-state index contributed by atoms with van der Waals surface area (Å²) in [5, 5.41) is 9.82. The van der Waals surface area contributed by atoms with Crippen molar-refractivity contribution in [1.29, 1.82) is 0 Å². The van der Waals surface area contributed by atoms with Crippen molar-refractivity contribution >= 4 is 28.5 Å². The van der Waals surface area contributed by atoms with Crippen LogP contribution in [0.5, 0.6) is 0 Å². The predicted molar refractivity (Wildman–Crippen MR) is 126 cm³/mol. The number of benzene rings is 1. The Morgan fingerprint density at radius 2 is 1.94 bits per heavy atom. The van der Waals surface area contributed by atoms with Gasteiger partial charge in [0, 0.05) is 30.9 Å². The Kier molecular flexibility index (Phi) is 7.16. The summed E-state index contributed by atoms with van der Waals surface area (Å²) < 4.78 is 39.7. The number of carbonyl (C=O) groups is 2. The van der Waals surface area contributed by atoms with Crippen LogP contribution in [-0.2, 0) is 15.8 Å². The zero-order chi connectivity index (χ0) is 25.3. The summed E-state index contributed by atoms with van der Waals surface area (Å²) in [5.41, 5.74) is -0.438. The van der Waals surface area contributed by atoms with Gasteiger partial charge in [-0.1, -0.05) is 13.8 Å². The fourth-order valence-corrected chi connectivity index (χ4v) is 5.24. The first-order valence-electron chi connectivity index (χ1n) is 11.9. The van der Waals surface area contributed by atoms with Crippen LogP contribution in [0.3, 0.4) is 0 Å². The molecule has 1 aromatic carbocycles. The SMILES string of the molecule is CC(=O)NC1CC(NC(C)C)CC[C@@H]1N1CCC(Nc2ncnc3ccc(C(F)(F)F)cc23)C1=O. The molecule has 1 saturated heterocycles. The third-order valence-electron chi connectivity index (χ3n) is 6.69. The summed E-state index contributed by atoms with van der Waals surface area (Å²) in [6, 6.07) is 2.93. The molecule has 2 aliphatic rings. The minimum Gasteiger partial charge on any atom is -0.358 e. The first-order valence-corrected chi connectivity index (χ1v) is 11.9. The first-order chi connectivity index (χ1) is 16.5. The molecule has 0 radical (unpaired) electrons. The Balaban J connectivity index is 1.51. The van der Waals surface area contributed by atoms with Crippen molar-refractivity contribution in [3.63, 3.8) is 0 Å². The number of hydrogen-bond acceptors (Lipinski definition) is 6. The molecule has 1 aliphatic carbocycles. The van der Waals surface area contributed by atoms with Gasteiger partial charge in [0.2, 0.25) is 11.8 Å². The zero-order valence-corrected chi connectivity index (χ0v) is 20.0. The molecule has 2 heterocycles. The number of amides is 2. The number of nitrogens with one attached hydrogen (secondary N) is 3. The lowest BCUT2D eigenvalue weighted by atomic mass is 9.85. The number of anilines is 1. The highest BCUT2D eigenvalue weighted by Gasteiger charge is 2.42. The van der Waals surface area contributed by atoms with Gasteiger partial charge < -0.3 is 20.9 Å². The molecule has 190 valence electrons. The second-order valence-corrected chi connectivity index (χ2v) is 9.67. The molecule has 3 unspecified atom stereocenters. The molecular formula is C24H31F3N6O2. The van der Waals surface area contributed by atoms with Crippen LogP contribution in [0.15, 0.2) is 24.5 Å². The third-order valence-corrected chi connectivity index (χ3v) is 6.69. The molecule has 35 heavy (non-hydrogen) atoms. The highest BCUT2D eigenvalue weighted by molar-refractivity contribution is 5.93. The van der Waals surface area contributed by atoms with Crippen LogP contribution in [0.25, 0.3) is 10.9 Å². The van der Waals surface area contributed by atoms with E-state index < -0.39 is 17.8 Å². The van der Waals surface area contributed by atoms with Crippen molar-refractivity contribution in [2.75, 3.05) is 11.9 Å². The Bertz CT molecular complexity index is 1090. The van der Waals surface area contributed by atoms with Gasteiger partial charge in [-0.3, -0.25) is 9.59 Å². The maximum Gasteiger partial charge on any atom is 0.416 e. The van der Waals surface area contributed by atoms with Crippen LogP contribution >= 0.6 is 0 Å². The van der Waals surface area contributed by atoms with E-state index in [4.69, 9.17) is 0 Å². The molecule has 2 fully saturated rings. The number of carbonyl (C=O) groups excluding carboxylic acids is 2. The Hall–Kier alpha value is -2.95. The smallest absolute Gasteiger partial charge is 0.358 e. The van der Waals surface area contributed by atoms with Crippen molar-refractivity contribution in [2.24, 2.45) is 0 Å². The number of likely N-dealkylation sites (tertiary alicyclic amines) is 1. The molecule has 8 nitrogen and oxygen atoms in total. The van der Waals surface area contributed by atoms with E-state index in [2.05, 4.69) is 39.8 Å². The lowest BCUT2D eigenvalue weighted by molar-refractivity contribution is -0.137. The van der Waals surface area contributed by atoms with Gasteiger partial charge in [0.25, 0.3) is 0 Å². The number of aromatic nitrogens is 2. The summed E-state index contributed by atoms with van der Waals surface area (Å²) in [4.78, 5) is 35.2. The topological polar surface area (TPSA) is 99.2 Å². The van der Waals surface area contributed by atoms with Gasteiger partial charge in [-0.05, 0) is 43.9 Å². The molecule has 4 atom stereocenters. The summed E-state index contributed by atoms with van der Waals surface area (Å²) >= 11 is 0. The van der Waals surface area contributed by atoms with Crippen LogP contribution in [-0.4, -0.2) is 63.4 Å². The second kappa shape index (κ2) is 9.96. The van der Waals surface area contributed by atoms with E-state index >= 15 is 0 Å². The number of fused-ring (bicyclic) bond motifs is 1. The van der Waals surface area contributed by atoms with Gasteiger partial charge in [-0.2, -0.15) is 13.2 Å². The normalized spacial score (nSPS) is 25.3. The largest absolute Gasteiger partial charge is 0.416 e. The van der Waals surface area contributed by atoms with Crippen molar-refractivity contribution < 1.29 is 22.8 Å². The molecule has 1 aliphatic heterocycles. The lowest BCUT2D eigenvalue weighted by Gasteiger charge is -2.42. The Labute approximate surface area is 202 Å². The van der Waals surface area contributed by atoms with Crippen molar-refractivity contribution in [3.05, 3.63) is 30.1 Å². The van der Waals surface area contributed by atoms with Crippen LogP contribution in [0.1, 0.15) is 52.0 Å². The average Bonchev–Trinajstić information content (AvgIpc) is 3.12. The standard InChI is InChI=1S/C24H31F3N6O2/c1-13(2)30-16-5-7-21(20(11-16)31-14(3)34)33-9-8-19(23(33)35)32-22-17-10-15(24(25,26)27)4-6-18(17)28-12-29-22/h4,6,10,12-13,16,19-21,30H,5,7-9,11H2,1-3H3,(H,31,34)(H,28,29,32)/t16?,19?,20?,21-/m0/s1. The number of hydrogen-bond donors (Lipinski definition) is 3. The van der Waals surface area contributed by atoms with Crippen LogP contribution in [0.2, 0.25) is 0 Å². The Morgan fingerprint density at radius 1 is 1.17 bits per heavy atom. The van der Waals surface area contributed by atoms with E-state index in [-0.39, 0.29) is 41.1 Å². The molecule has 2 amide bonds. The van der Waals surface area contributed by atoms with Crippen LogP contribution < -0.4 is 16.0 Å². The third kappa shape index (κ3) is 5.66. The van der Waals surface area contributed by atoms with E-state index in [1.807, 2.05) is 0 Å².